The summed E-state index contributed by atoms with van der Waals surface area (Å²) in [6.07, 6.45) is 9.46. The van der Waals surface area contributed by atoms with E-state index in [1.807, 2.05) is 0 Å². The first kappa shape index (κ1) is 24.5. The van der Waals surface area contributed by atoms with Crippen molar-refractivity contribution in [3.8, 4) is 0 Å². The number of aliphatic carboxylic acids is 1. The van der Waals surface area contributed by atoms with E-state index in [4.69, 9.17) is 0 Å². The molecule has 0 spiro atoms. The highest BCUT2D eigenvalue weighted by Crippen LogP contribution is 2.77. The van der Waals surface area contributed by atoms with Crippen molar-refractivity contribution in [2.45, 2.75) is 98.8 Å². The van der Waals surface area contributed by atoms with Gasteiger partial charge in [0.1, 0.15) is 5.78 Å². The quantitative estimate of drug-likeness (QED) is 0.477. The zero-order valence-electron chi connectivity index (χ0n) is 22.1. The molecule has 0 heterocycles. The van der Waals surface area contributed by atoms with Crippen LogP contribution in [0.2, 0.25) is 0 Å². The van der Waals surface area contributed by atoms with Crippen molar-refractivity contribution in [2.24, 2.45) is 56.7 Å². The van der Waals surface area contributed by atoms with Crippen LogP contribution in [0.1, 0.15) is 98.8 Å². The van der Waals surface area contributed by atoms with Crippen LogP contribution < -0.4 is 0 Å². The molecule has 0 radical (unpaired) electrons. The van der Waals surface area contributed by atoms with Gasteiger partial charge in [0.25, 0.3) is 0 Å². The van der Waals surface area contributed by atoms with Gasteiger partial charge in [-0.3, -0.25) is 9.59 Å². The molecule has 0 amide bonds. The maximum Gasteiger partial charge on any atom is 0.309 e. The fourth-order valence-corrected chi connectivity index (χ4v) is 11.3. The van der Waals surface area contributed by atoms with Crippen LogP contribution in [-0.4, -0.2) is 28.6 Å². The predicted octanol–water partition coefficient (Wildman–Crippen LogP) is 6.27. The van der Waals surface area contributed by atoms with E-state index in [2.05, 4.69) is 41.2 Å². The number of rotatable bonds is 3. The molecular weight excluding hydrogens is 424 g/mol. The second-order valence-electron chi connectivity index (χ2n) is 14.3. The third kappa shape index (κ3) is 2.75. The first-order valence-corrected chi connectivity index (χ1v) is 13.8. The number of carboxylic acid groups (broad SMARTS) is 1. The Morgan fingerprint density at radius 3 is 2.26 bits per heavy atom. The van der Waals surface area contributed by atoms with Crippen molar-refractivity contribution >= 4 is 11.8 Å². The maximum absolute atomic E-state index is 12.9. The summed E-state index contributed by atoms with van der Waals surface area (Å²) in [5.74, 6) is 1.38. The van der Waals surface area contributed by atoms with Gasteiger partial charge in [-0.05, 0) is 109 Å². The molecule has 4 heteroatoms. The van der Waals surface area contributed by atoms with Crippen LogP contribution in [0, 0.1) is 56.7 Å². The van der Waals surface area contributed by atoms with E-state index < -0.39 is 11.4 Å². The van der Waals surface area contributed by atoms with Crippen molar-refractivity contribution in [3.63, 3.8) is 0 Å². The van der Waals surface area contributed by atoms with Gasteiger partial charge in [0.15, 0.2) is 0 Å². The normalized spacial score (nSPS) is 51.6. The fraction of sp³-hybridized carbons (Fsp3) is 0.867. The van der Waals surface area contributed by atoms with Crippen LogP contribution in [0.25, 0.3) is 0 Å². The Morgan fingerprint density at radius 2 is 1.62 bits per heavy atom. The molecule has 5 fully saturated rings. The summed E-state index contributed by atoms with van der Waals surface area (Å²) < 4.78 is 0. The van der Waals surface area contributed by atoms with Crippen LogP contribution in [-0.2, 0) is 9.59 Å². The van der Waals surface area contributed by atoms with E-state index in [1.54, 1.807) is 0 Å². The van der Waals surface area contributed by atoms with Gasteiger partial charge < -0.3 is 10.2 Å². The van der Waals surface area contributed by atoms with Crippen LogP contribution in [0.4, 0.5) is 0 Å². The zero-order valence-corrected chi connectivity index (χ0v) is 22.1. The highest BCUT2D eigenvalue weighted by molar-refractivity contribution is 5.85. The number of fused-ring (bicyclic) bond motifs is 7. The van der Waals surface area contributed by atoms with Gasteiger partial charge in [-0.25, -0.2) is 0 Å². The summed E-state index contributed by atoms with van der Waals surface area (Å²) in [4.78, 5) is 25.7. The lowest BCUT2D eigenvalue weighted by Crippen LogP contribution is -2.66. The summed E-state index contributed by atoms with van der Waals surface area (Å²) in [6, 6.07) is 0. The Hall–Kier alpha value is -1.16. The van der Waals surface area contributed by atoms with Gasteiger partial charge in [-0.1, -0.05) is 41.2 Å². The lowest BCUT2D eigenvalue weighted by atomic mass is 9.32. The average molecular weight is 471 g/mol. The van der Waals surface area contributed by atoms with Crippen molar-refractivity contribution < 1.29 is 19.8 Å². The number of carbonyl (C=O) groups excluding carboxylic acids is 1. The lowest BCUT2D eigenvalue weighted by Gasteiger charge is -2.72. The largest absolute Gasteiger partial charge is 0.481 e. The summed E-state index contributed by atoms with van der Waals surface area (Å²) in [7, 11) is 0. The fourth-order valence-electron chi connectivity index (χ4n) is 11.3. The van der Waals surface area contributed by atoms with E-state index >= 15 is 0 Å². The summed E-state index contributed by atoms with van der Waals surface area (Å²) in [5, 5.41) is 20.5. The number of aliphatic hydroxyl groups is 1. The van der Waals surface area contributed by atoms with Gasteiger partial charge in [-0.15, -0.1) is 0 Å². The second kappa shape index (κ2) is 7.43. The monoisotopic (exact) mass is 470 g/mol. The van der Waals surface area contributed by atoms with E-state index in [9.17, 15) is 19.8 Å². The maximum atomic E-state index is 12.9. The molecule has 0 saturated heterocycles. The molecule has 0 aromatic carbocycles. The molecule has 2 N–H and O–H groups in total. The molecule has 5 rings (SSSR count). The molecule has 0 aromatic heterocycles. The first-order valence-electron chi connectivity index (χ1n) is 13.8. The van der Waals surface area contributed by atoms with Crippen LogP contribution in [0.3, 0.4) is 0 Å². The van der Waals surface area contributed by atoms with E-state index in [0.29, 0.717) is 30.0 Å². The number of Topliss-reactive ketones (excluding diaryl/α,β-unsaturated/α-hetero) is 1. The van der Waals surface area contributed by atoms with E-state index in [-0.39, 0.29) is 40.1 Å². The first-order chi connectivity index (χ1) is 15.8. The van der Waals surface area contributed by atoms with Crippen molar-refractivity contribution in [1.29, 1.82) is 0 Å². The Morgan fingerprint density at radius 1 is 0.912 bits per heavy atom. The van der Waals surface area contributed by atoms with Gasteiger partial charge in [-0.2, -0.15) is 0 Å². The van der Waals surface area contributed by atoms with Gasteiger partial charge >= 0.3 is 5.97 Å². The third-order valence-corrected chi connectivity index (χ3v) is 13.3. The summed E-state index contributed by atoms with van der Waals surface area (Å²) in [5.41, 5.74) is 0.341. The van der Waals surface area contributed by atoms with E-state index in [1.165, 1.54) is 0 Å². The number of hydrogen-bond donors (Lipinski definition) is 2. The average Bonchev–Trinajstić information content (AvgIpc) is 3.18. The minimum Gasteiger partial charge on any atom is -0.481 e. The highest BCUT2D eigenvalue weighted by atomic mass is 16.4. The molecule has 9 atom stereocenters. The van der Waals surface area contributed by atoms with E-state index in [0.717, 1.165) is 63.4 Å². The molecule has 34 heavy (non-hydrogen) atoms. The Bertz CT molecular complexity index is 921. The van der Waals surface area contributed by atoms with Crippen LogP contribution >= 0.6 is 0 Å². The van der Waals surface area contributed by atoms with Gasteiger partial charge in [0.05, 0.1) is 12.0 Å². The molecular formula is C30H46O4. The lowest BCUT2D eigenvalue weighted by molar-refractivity contribution is -0.235. The molecule has 0 unspecified atom stereocenters. The molecule has 0 bridgehead atoms. The van der Waals surface area contributed by atoms with Crippen molar-refractivity contribution in [2.75, 3.05) is 6.61 Å². The summed E-state index contributed by atoms with van der Waals surface area (Å²) in [6.45, 7) is 16.1. The second-order valence-corrected chi connectivity index (χ2v) is 14.3. The molecule has 5 saturated carbocycles. The zero-order chi connectivity index (χ0) is 24.9. The van der Waals surface area contributed by atoms with Crippen molar-refractivity contribution in [1.82, 2.24) is 0 Å². The topological polar surface area (TPSA) is 74.6 Å². The van der Waals surface area contributed by atoms with Crippen LogP contribution in [0.15, 0.2) is 12.2 Å². The minimum atomic E-state index is -0.656. The Kier molecular flexibility index (Phi) is 5.36. The number of aliphatic hydroxyl groups excluding tert-OH is 1. The standard InChI is InChI=1S/C30H46O4/c1-18(17-31)19-9-14-30(25(33)34)16-15-28(5)20(24(19)30)7-8-22-27(4)12-11-23(32)26(2,3)21(27)10-13-29(22,28)6/h19-22,24,31H,1,7-17H2,2-6H3,(H,33,34)/t19-,20+,21-,22+,24+,27-,28+,29+,30-/m0/s1. The predicted molar refractivity (Wildman–Crippen MR) is 133 cm³/mol. The SMILES string of the molecule is C=C(CO)[C@@H]1CC[C@]2(C(=O)O)CC[C@]3(C)[C@H](CC[C@@H]4[C@@]5(C)CCC(=O)C(C)(C)[C@@H]5CC[C@]43C)[C@@H]12. The third-order valence-electron chi connectivity index (χ3n) is 13.3. The molecule has 0 aromatic rings. The number of ketones is 1. The summed E-state index contributed by atoms with van der Waals surface area (Å²) >= 11 is 0. The highest BCUT2D eigenvalue weighted by Gasteiger charge is 2.72. The molecule has 4 nitrogen and oxygen atoms in total. The number of carboxylic acids is 1. The Balaban J connectivity index is 1.57. The Labute approximate surface area is 206 Å². The molecule has 5 aliphatic carbocycles. The van der Waals surface area contributed by atoms with Gasteiger partial charge in [0, 0.05) is 11.8 Å². The smallest absolute Gasteiger partial charge is 0.309 e. The molecule has 5 aliphatic rings. The number of hydrogen-bond acceptors (Lipinski definition) is 3. The molecule has 0 aliphatic heterocycles. The van der Waals surface area contributed by atoms with Crippen LogP contribution in [0.5, 0.6) is 0 Å². The molecule has 190 valence electrons. The minimum absolute atomic E-state index is 0.0386. The van der Waals surface area contributed by atoms with Crippen molar-refractivity contribution in [3.05, 3.63) is 12.2 Å². The van der Waals surface area contributed by atoms with Gasteiger partial charge in [0.2, 0.25) is 0 Å². The number of carbonyl (C=O) groups is 2.